The van der Waals surface area contributed by atoms with Gasteiger partial charge in [-0.25, -0.2) is 0 Å². The third kappa shape index (κ3) is 1.88. The van der Waals surface area contributed by atoms with Crippen molar-refractivity contribution in [1.82, 2.24) is 0 Å². The molecule has 106 valence electrons. The molecule has 0 fully saturated rings. The topological polar surface area (TPSA) is 55.3 Å². The highest BCUT2D eigenvalue weighted by atomic mass is 15.2. The number of nitrogens with two attached hydrogens (primary N) is 2. The SMILES string of the molecule is NC1=CCC2C(=C1)c1cc(N)ccc1N2C1C=CC=CC1. The highest BCUT2D eigenvalue weighted by Gasteiger charge is 2.37. The Hall–Kier alpha value is -2.42. The Balaban J connectivity index is 1.84. The monoisotopic (exact) mass is 277 g/mol. The van der Waals surface area contributed by atoms with Crippen molar-refractivity contribution in [3.8, 4) is 0 Å². The Morgan fingerprint density at radius 1 is 1.10 bits per heavy atom. The molecule has 1 heterocycles. The minimum atomic E-state index is 0.371. The Bertz CT molecular complexity index is 709. The zero-order valence-corrected chi connectivity index (χ0v) is 11.9. The normalized spacial score (nSPS) is 26.2. The lowest BCUT2D eigenvalue weighted by atomic mass is 9.94. The van der Waals surface area contributed by atoms with Gasteiger partial charge in [0.1, 0.15) is 0 Å². The quantitative estimate of drug-likeness (QED) is 0.776. The Morgan fingerprint density at radius 3 is 2.81 bits per heavy atom. The van der Waals surface area contributed by atoms with Gasteiger partial charge in [0.25, 0.3) is 0 Å². The maximum atomic E-state index is 6.02. The Kier molecular flexibility index (Phi) is 2.67. The third-order valence-electron chi connectivity index (χ3n) is 4.52. The molecule has 2 atom stereocenters. The molecule has 0 saturated heterocycles. The van der Waals surface area contributed by atoms with E-state index in [1.807, 2.05) is 6.07 Å². The molecule has 3 aliphatic rings. The van der Waals surface area contributed by atoms with Crippen LogP contribution in [0.25, 0.3) is 5.57 Å². The van der Waals surface area contributed by atoms with Crippen LogP contribution in [0.5, 0.6) is 0 Å². The number of allylic oxidation sites excluding steroid dienone is 3. The fourth-order valence-corrected chi connectivity index (χ4v) is 3.59. The number of nitrogens with zero attached hydrogens (tertiary/aromatic N) is 1. The molecule has 3 heteroatoms. The number of fused-ring (bicyclic) bond motifs is 3. The summed E-state index contributed by atoms with van der Waals surface area (Å²) in [6.07, 6.45) is 15.0. The van der Waals surface area contributed by atoms with E-state index in [1.54, 1.807) is 0 Å². The number of hydrogen-bond acceptors (Lipinski definition) is 3. The molecule has 4 rings (SSSR count). The molecule has 0 saturated carbocycles. The lowest BCUT2D eigenvalue weighted by Gasteiger charge is -2.35. The predicted octanol–water partition coefficient (Wildman–Crippen LogP) is 2.97. The van der Waals surface area contributed by atoms with E-state index in [-0.39, 0.29) is 0 Å². The smallest absolute Gasteiger partial charge is 0.0591 e. The van der Waals surface area contributed by atoms with Crippen LogP contribution in [0.3, 0.4) is 0 Å². The fraction of sp³-hybridized carbons (Fsp3) is 0.222. The molecular formula is C18H19N3. The summed E-state index contributed by atoms with van der Waals surface area (Å²) in [6.45, 7) is 0. The van der Waals surface area contributed by atoms with Gasteiger partial charge in [0.15, 0.2) is 0 Å². The molecule has 2 unspecified atom stereocenters. The van der Waals surface area contributed by atoms with E-state index in [4.69, 9.17) is 11.5 Å². The van der Waals surface area contributed by atoms with Gasteiger partial charge in [-0.05, 0) is 42.7 Å². The third-order valence-corrected chi connectivity index (χ3v) is 4.52. The van der Waals surface area contributed by atoms with E-state index in [0.29, 0.717) is 12.1 Å². The van der Waals surface area contributed by atoms with Crippen molar-refractivity contribution in [2.45, 2.75) is 24.9 Å². The molecule has 21 heavy (non-hydrogen) atoms. The van der Waals surface area contributed by atoms with E-state index in [9.17, 15) is 0 Å². The second kappa shape index (κ2) is 4.55. The average Bonchev–Trinajstić information content (AvgIpc) is 2.81. The zero-order chi connectivity index (χ0) is 14.4. The summed E-state index contributed by atoms with van der Waals surface area (Å²) in [4.78, 5) is 2.52. The number of benzene rings is 1. The van der Waals surface area contributed by atoms with Crippen LogP contribution in [-0.2, 0) is 0 Å². The van der Waals surface area contributed by atoms with Crippen molar-refractivity contribution in [1.29, 1.82) is 0 Å². The molecule has 0 spiro atoms. The van der Waals surface area contributed by atoms with E-state index < -0.39 is 0 Å². The first-order valence-electron chi connectivity index (χ1n) is 7.43. The zero-order valence-electron chi connectivity index (χ0n) is 11.9. The summed E-state index contributed by atoms with van der Waals surface area (Å²) in [5.74, 6) is 0. The number of anilines is 2. The predicted molar refractivity (Wildman–Crippen MR) is 88.7 cm³/mol. The second-order valence-electron chi connectivity index (χ2n) is 5.86. The summed E-state index contributed by atoms with van der Waals surface area (Å²) in [6, 6.07) is 6.99. The lowest BCUT2D eigenvalue weighted by molar-refractivity contribution is 0.640. The van der Waals surface area contributed by atoms with Crippen molar-refractivity contribution in [2.24, 2.45) is 5.73 Å². The first-order valence-corrected chi connectivity index (χ1v) is 7.43. The average molecular weight is 277 g/mol. The molecule has 0 aromatic heterocycles. The molecule has 4 N–H and O–H groups in total. The molecule has 1 aromatic rings. The summed E-state index contributed by atoms with van der Waals surface area (Å²) < 4.78 is 0. The van der Waals surface area contributed by atoms with E-state index >= 15 is 0 Å². The molecule has 2 aliphatic carbocycles. The minimum absolute atomic E-state index is 0.371. The van der Waals surface area contributed by atoms with Crippen LogP contribution in [0.2, 0.25) is 0 Å². The standard InChI is InChI=1S/C18H19N3/c19-12-6-8-17-15(10-12)16-11-13(20)7-9-18(16)21(17)14-4-2-1-3-5-14/h1-4,6-8,10-11,14,18H,5,9,19-20H2. The molecule has 0 radical (unpaired) electrons. The summed E-state index contributed by atoms with van der Waals surface area (Å²) in [7, 11) is 0. The van der Waals surface area contributed by atoms with Gasteiger partial charge in [-0.3, -0.25) is 0 Å². The highest BCUT2D eigenvalue weighted by molar-refractivity contribution is 5.91. The Labute approximate surface area is 124 Å². The van der Waals surface area contributed by atoms with Gasteiger partial charge in [-0.2, -0.15) is 0 Å². The van der Waals surface area contributed by atoms with Crippen molar-refractivity contribution in [2.75, 3.05) is 10.6 Å². The van der Waals surface area contributed by atoms with Crippen LogP contribution >= 0.6 is 0 Å². The van der Waals surface area contributed by atoms with Crippen LogP contribution < -0.4 is 16.4 Å². The van der Waals surface area contributed by atoms with Gasteiger partial charge in [-0.15, -0.1) is 0 Å². The Morgan fingerprint density at radius 2 is 2.00 bits per heavy atom. The maximum absolute atomic E-state index is 6.02. The minimum Gasteiger partial charge on any atom is -0.399 e. The van der Waals surface area contributed by atoms with Crippen LogP contribution in [0, 0.1) is 0 Å². The van der Waals surface area contributed by atoms with Gasteiger partial charge in [0, 0.05) is 22.6 Å². The first kappa shape index (κ1) is 12.3. The van der Waals surface area contributed by atoms with Gasteiger partial charge < -0.3 is 16.4 Å². The number of rotatable bonds is 1. The lowest BCUT2D eigenvalue weighted by Crippen LogP contribution is -2.40. The highest BCUT2D eigenvalue weighted by Crippen LogP contribution is 2.46. The maximum Gasteiger partial charge on any atom is 0.0591 e. The number of hydrogen-bond donors (Lipinski definition) is 2. The van der Waals surface area contributed by atoms with E-state index in [2.05, 4.69) is 53.5 Å². The van der Waals surface area contributed by atoms with Crippen LogP contribution in [-0.4, -0.2) is 12.1 Å². The largest absolute Gasteiger partial charge is 0.399 e. The van der Waals surface area contributed by atoms with Crippen LogP contribution in [0.1, 0.15) is 18.4 Å². The molecule has 1 aliphatic heterocycles. The number of nitrogen functional groups attached to an aromatic ring is 1. The van der Waals surface area contributed by atoms with E-state index in [0.717, 1.165) is 24.2 Å². The van der Waals surface area contributed by atoms with Gasteiger partial charge in [-0.1, -0.05) is 30.4 Å². The molecule has 0 bridgehead atoms. The second-order valence-corrected chi connectivity index (χ2v) is 5.86. The van der Waals surface area contributed by atoms with Gasteiger partial charge in [0.05, 0.1) is 12.1 Å². The van der Waals surface area contributed by atoms with Crippen LogP contribution in [0.4, 0.5) is 11.4 Å². The molecule has 0 amide bonds. The van der Waals surface area contributed by atoms with E-state index in [1.165, 1.54) is 16.8 Å². The van der Waals surface area contributed by atoms with Crippen molar-refractivity contribution in [3.63, 3.8) is 0 Å². The summed E-state index contributed by atoms with van der Waals surface area (Å²) >= 11 is 0. The molecule has 3 nitrogen and oxygen atoms in total. The first-order chi connectivity index (χ1) is 10.2. The molecular weight excluding hydrogens is 258 g/mol. The summed E-state index contributed by atoms with van der Waals surface area (Å²) in [5.41, 5.74) is 17.5. The van der Waals surface area contributed by atoms with Crippen LogP contribution in [0.15, 0.2) is 60.4 Å². The van der Waals surface area contributed by atoms with Crippen molar-refractivity contribution in [3.05, 3.63) is 65.9 Å². The molecule has 1 aromatic carbocycles. The van der Waals surface area contributed by atoms with Gasteiger partial charge in [0.2, 0.25) is 0 Å². The van der Waals surface area contributed by atoms with Gasteiger partial charge >= 0.3 is 0 Å². The summed E-state index contributed by atoms with van der Waals surface area (Å²) in [5, 5.41) is 0. The van der Waals surface area contributed by atoms with Crippen molar-refractivity contribution >= 4 is 16.9 Å². The van der Waals surface area contributed by atoms with Crippen molar-refractivity contribution < 1.29 is 0 Å². The fourth-order valence-electron chi connectivity index (χ4n) is 3.59.